The van der Waals surface area contributed by atoms with E-state index in [-0.39, 0.29) is 54.5 Å². The first-order chi connectivity index (χ1) is 25.0. The van der Waals surface area contributed by atoms with E-state index in [4.69, 9.17) is 27.9 Å². The molecule has 2 aliphatic carbocycles. The molecule has 5 aliphatic rings. The van der Waals surface area contributed by atoms with Crippen molar-refractivity contribution in [2.75, 3.05) is 24.6 Å². The minimum absolute atomic E-state index is 0.108. The van der Waals surface area contributed by atoms with Crippen molar-refractivity contribution in [3.05, 3.63) is 101 Å². The lowest BCUT2D eigenvalue weighted by Crippen LogP contribution is -2.60. The summed E-state index contributed by atoms with van der Waals surface area (Å²) < 4.78 is 19.6. The van der Waals surface area contributed by atoms with E-state index in [1.165, 1.54) is 28.7 Å². The summed E-state index contributed by atoms with van der Waals surface area (Å²) in [6, 6.07) is 19.5. The molecule has 3 saturated heterocycles. The number of rotatable bonds is 7. The predicted octanol–water partition coefficient (Wildman–Crippen LogP) is 6.16. The standard InChI is InChI=1S/C40H38Cl2FN3O6/c1-2-52-32-20-24(8-15-31(32)47)34-28-13-14-29-33(36(49)45(35(29)48)27-16-18-44(19-17-27)22-23-6-4-3-5-7-23)30(28)21-39(41)37(50)46(38(51)40(34,39)42)26-11-9-25(43)10-12-26/h3-13,15,20,27,29-30,33-34,47H,2,14,16-19,21-22H2,1H3/t29-,30+,33-,34-,39+,40-/m0/s1. The lowest BCUT2D eigenvalue weighted by molar-refractivity contribution is -0.144. The number of anilines is 1. The fourth-order valence-electron chi connectivity index (χ4n) is 9.32. The Bertz CT molecular complexity index is 1990. The van der Waals surface area contributed by atoms with Gasteiger partial charge >= 0.3 is 0 Å². The third-order valence-corrected chi connectivity index (χ3v) is 13.1. The van der Waals surface area contributed by atoms with Gasteiger partial charge in [0.25, 0.3) is 11.8 Å². The minimum atomic E-state index is -2.08. The van der Waals surface area contributed by atoms with Gasteiger partial charge < -0.3 is 9.84 Å². The molecular weight excluding hydrogens is 708 g/mol. The fourth-order valence-corrected chi connectivity index (χ4v) is 10.3. The van der Waals surface area contributed by atoms with Crippen LogP contribution in [0.15, 0.2) is 84.4 Å². The molecule has 6 atom stereocenters. The van der Waals surface area contributed by atoms with Crippen LogP contribution in [0.5, 0.6) is 11.5 Å². The lowest BCUT2D eigenvalue weighted by Gasteiger charge is -2.50. The summed E-state index contributed by atoms with van der Waals surface area (Å²) in [5.74, 6) is -5.78. The Balaban J connectivity index is 1.16. The molecule has 0 radical (unpaired) electrons. The first kappa shape index (κ1) is 34.8. The highest BCUT2D eigenvalue weighted by molar-refractivity contribution is 6.58. The summed E-state index contributed by atoms with van der Waals surface area (Å²) in [6.07, 6.45) is 3.27. The number of piperidine rings is 1. The molecule has 4 amide bonds. The average molecular weight is 747 g/mol. The second kappa shape index (κ2) is 13.0. The molecule has 52 heavy (non-hydrogen) atoms. The zero-order valence-corrected chi connectivity index (χ0v) is 30.0. The van der Waals surface area contributed by atoms with Gasteiger partial charge in [-0.1, -0.05) is 48.0 Å². The van der Waals surface area contributed by atoms with Crippen molar-refractivity contribution in [3.8, 4) is 11.5 Å². The number of hydrogen-bond acceptors (Lipinski definition) is 7. The zero-order chi connectivity index (χ0) is 36.5. The molecule has 1 N–H and O–H groups in total. The first-order valence-electron chi connectivity index (χ1n) is 17.8. The third-order valence-electron chi connectivity index (χ3n) is 11.7. The number of fused-ring (bicyclic) bond motifs is 4. The second-order valence-electron chi connectivity index (χ2n) is 14.5. The Labute approximate surface area is 310 Å². The molecule has 9 nitrogen and oxygen atoms in total. The SMILES string of the molecule is CCOc1cc([C@H]2C3=CC[C@@H]4C(=O)N(C5CCN(Cc6ccccc6)CC5)C(=O)[C@@H]4[C@@H]3C[C@@]3(Cl)C(=O)N(c4ccc(F)cc4)C(=O)[C@@]23Cl)ccc1O. The van der Waals surface area contributed by atoms with E-state index < -0.39 is 51.1 Å². The van der Waals surface area contributed by atoms with Crippen LogP contribution in [0, 0.1) is 23.6 Å². The number of imide groups is 2. The summed E-state index contributed by atoms with van der Waals surface area (Å²) in [4.78, 5) is 58.4. The molecule has 270 valence electrons. The monoisotopic (exact) mass is 745 g/mol. The number of amides is 4. The Morgan fingerprint density at radius 3 is 2.31 bits per heavy atom. The Kier molecular flexibility index (Phi) is 8.71. The van der Waals surface area contributed by atoms with Crippen LogP contribution >= 0.6 is 23.2 Å². The lowest BCUT2D eigenvalue weighted by atomic mass is 9.56. The van der Waals surface area contributed by atoms with Gasteiger partial charge in [-0.25, -0.2) is 9.29 Å². The van der Waals surface area contributed by atoms with Crippen LogP contribution in [0.25, 0.3) is 0 Å². The number of ether oxygens (including phenoxy) is 1. The highest BCUT2D eigenvalue weighted by atomic mass is 35.5. The maximum atomic E-state index is 14.6. The Morgan fingerprint density at radius 1 is 0.904 bits per heavy atom. The van der Waals surface area contributed by atoms with Crippen LogP contribution in [0.2, 0.25) is 0 Å². The Morgan fingerprint density at radius 2 is 1.62 bits per heavy atom. The van der Waals surface area contributed by atoms with E-state index in [1.807, 2.05) is 24.3 Å². The molecule has 0 aromatic heterocycles. The number of phenolic OH excluding ortho intramolecular Hbond substituents is 1. The van der Waals surface area contributed by atoms with Crippen LogP contribution < -0.4 is 9.64 Å². The number of hydrogen-bond donors (Lipinski definition) is 1. The molecule has 3 aliphatic heterocycles. The highest BCUT2D eigenvalue weighted by Crippen LogP contribution is 2.66. The van der Waals surface area contributed by atoms with Gasteiger partial charge in [-0.2, -0.15) is 0 Å². The molecule has 3 heterocycles. The number of aromatic hydroxyl groups is 1. The van der Waals surface area contributed by atoms with Crippen molar-refractivity contribution in [2.24, 2.45) is 17.8 Å². The third kappa shape index (κ3) is 5.20. The van der Waals surface area contributed by atoms with E-state index >= 15 is 0 Å². The van der Waals surface area contributed by atoms with Crippen molar-refractivity contribution in [1.82, 2.24) is 9.80 Å². The average Bonchev–Trinajstić information content (AvgIpc) is 3.48. The number of nitrogens with zero attached hydrogens (tertiary/aromatic N) is 3. The van der Waals surface area contributed by atoms with Gasteiger partial charge in [0.15, 0.2) is 21.2 Å². The topological polar surface area (TPSA) is 107 Å². The number of likely N-dealkylation sites (tertiary alicyclic amines) is 2. The molecule has 1 saturated carbocycles. The van der Waals surface area contributed by atoms with Gasteiger partial charge in [0.1, 0.15) is 5.82 Å². The van der Waals surface area contributed by atoms with Crippen LogP contribution in [0.4, 0.5) is 10.1 Å². The zero-order valence-electron chi connectivity index (χ0n) is 28.5. The number of halogens is 3. The van der Waals surface area contributed by atoms with E-state index in [2.05, 4.69) is 17.0 Å². The number of carbonyl (C=O) groups excluding carboxylic acids is 4. The quantitative estimate of drug-likeness (QED) is 0.176. The minimum Gasteiger partial charge on any atom is -0.504 e. The van der Waals surface area contributed by atoms with Gasteiger partial charge in [-0.05, 0) is 86.1 Å². The van der Waals surface area contributed by atoms with Gasteiger partial charge in [-0.3, -0.25) is 29.0 Å². The van der Waals surface area contributed by atoms with Crippen molar-refractivity contribution < 1.29 is 33.4 Å². The maximum Gasteiger partial charge on any atom is 0.258 e. The predicted molar refractivity (Wildman–Crippen MR) is 192 cm³/mol. The molecule has 3 aromatic carbocycles. The first-order valence-corrected chi connectivity index (χ1v) is 18.5. The number of alkyl halides is 2. The van der Waals surface area contributed by atoms with Gasteiger partial charge in [0, 0.05) is 31.6 Å². The molecule has 4 fully saturated rings. The van der Waals surface area contributed by atoms with E-state index in [1.54, 1.807) is 19.1 Å². The Hall–Kier alpha value is -4.25. The van der Waals surface area contributed by atoms with Gasteiger partial charge in [0.05, 0.1) is 24.1 Å². The largest absolute Gasteiger partial charge is 0.504 e. The summed E-state index contributed by atoms with van der Waals surface area (Å²) >= 11 is 15.0. The molecule has 0 unspecified atom stereocenters. The molecule has 8 rings (SSSR count). The van der Waals surface area contributed by atoms with Crippen molar-refractivity contribution >= 4 is 52.5 Å². The summed E-state index contributed by atoms with van der Waals surface area (Å²) in [5, 5.41) is 10.6. The number of carbonyl (C=O) groups is 4. The maximum absolute atomic E-state index is 14.6. The van der Waals surface area contributed by atoms with Crippen molar-refractivity contribution in [3.63, 3.8) is 0 Å². The molecule has 0 bridgehead atoms. The summed E-state index contributed by atoms with van der Waals surface area (Å²) in [5.41, 5.74) is 2.41. The molecule has 12 heteroatoms. The number of phenols is 1. The van der Waals surface area contributed by atoms with E-state index in [9.17, 15) is 28.7 Å². The normalized spacial score (nSPS) is 30.7. The van der Waals surface area contributed by atoms with E-state index in [0.29, 0.717) is 24.0 Å². The van der Waals surface area contributed by atoms with Crippen LogP contribution in [0.1, 0.15) is 49.7 Å². The molecular formula is C40H38Cl2FN3O6. The smallest absolute Gasteiger partial charge is 0.258 e. The summed E-state index contributed by atoms with van der Waals surface area (Å²) in [6.45, 7) is 4.27. The number of allylic oxidation sites excluding steroid dienone is 2. The van der Waals surface area contributed by atoms with Gasteiger partial charge in [-0.15, -0.1) is 23.2 Å². The van der Waals surface area contributed by atoms with Crippen LogP contribution in [-0.2, 0) is 25.7 Å². The van der Waals surface area contributed by atoms with E-state index in [0.717, 1.165) is 36.7 Å². The van der Waals surface area contributed by atoms with Crippen LogP contribution in [-0.4, -0.2) is 74.0 Å². The molecule has 0 spiro atoms. The summed E-state index contributed by atoms with van der Waals surface area (Å²) in [7, 11) is 0. The van der Waals surface area contributed by atoms with Crippen molar-refractivity contribution in [2.45, 2.75) is 60.9 Å². The molecule has 3 aromatic rings. The van der Waals surface area contributed by atoms with Crippen LogP contribution in [0.3, 0.4) is 0 Å². The fraction of sp³-hybridized carbons (Fsp3) is 0.400. The highest BCUT2D eigenvalue weighted by Gasteiger charge is 2.76. The number of benzene rings is 3. The van der Waals surface area contributed by atoms with Crippen molar-refractivity contribution in [1.29, 1.82) is 0 Å². The van der Waals surface area contributed by atoms with Gasteiger partial charge in [0.2, 0.25) is 11.8 Å². The second-order valence-corrected chi connectivity index (χ2v) is 15.7.